The number of rotatable bonds is 3. The summed E-state index contributed by atoms with van der Waals surface area (Å²) in [5.41, 5.74) is 10.8. The van der Waals surface area contributed by atoms with E-state index in [2.05, 4.69) is 32.3 Å². The van der Waals surface area contributed by atoms with E-state index in [1.807, 2.05) is 43.5 Å². The second-order valence-electron chi connectivity index (χ2n) is 7.37. The fraction of sp³-hybridized carbons (Fsp3) is 0.273. The van der Waals surface area contributed by atoms with Crippen molar-refractivity contribution in [2.24, 2.45) is 0 Å². The van der Waals surface area contributed by atoms with Crippen LogP contribution in [0.4, 0.5) is 5.82 Å². The van der Waals surface area contributed by atoms with Gasteiger partial charge >= 0.3 is 0 Å². The maximum atomic E-state index is 6.18. The van der Waals surface area contributed by atoms with Crippen LogP contribution in [-0.4, -0.2) is 27.9 Å². The number of furan rings is 1. The first-order valence-corrected chi connectivity index (χ1v) is 9.71. The van der Waals surface area contributed by atoms with Crippen LogP contribution in [0.15, 0.2) is 53.2 Å². The van der Waals surface area contributed by atoms with Crippen LogP contribution in [0.3, 0.4) is 0 Å². The molecule has 3 aromatic heterocycles. The van der Waals surface area contributed by atoms with E-state index in [4.69, 9.17) is 10.2 Å². The summed E-state index contributed by atoms with van der Waals surface area (Å²) < 4.78 is 8.20. The summed E-state index contributed by atoms with van der Waals surface area (Å²) in [5, 5.41) is 9.03. The second kappa shape index (κ2) is 6.80. The number of aromatic nitrogens is 3. The summed E-state index contributed by atoms with van der Waals surface area (Å²) in [4.78, 5) is 4.54. The van der Waals surface area contributed by atoms with Crippen LogP contribution in [0.5, 0.6) is 0 Å². The van der Waals surface area contributed by atoms with Crippen molar-refractivity contribution in [1.82, 2.24) is 20.1 Å². The highest BCUT2D eigenvalue weighted by atomic mass is 16.3. The number of nitrogens with zero attached hydrogens (tertiary/aromatic N) is 3. The van der Waals surface area contributed by atoms with Crippen LogP contribution < -0.4 is 11.1 Å². The topological polar surface area (TPSA) is 81.9 Å². The van der Waals surface area contributed by atoms with Crippen molar-refractivity contribution in [3.8, 4) is 22.5 Å². The van der Waals surface area contributed by atoms with Crippen LogP contribution in [0.2, 0.25) is 0 Å². The van der Waals surface area contributed by atoms with Gasteiger partial charge in [0.2, 0.25) is 0 Å². The van der Waals surface area contributed by atoms with Gasteiger partial charge in [-0.1, -0.05) is 30.3 Å². The minimum absolute atomic E-state index is 0.421. The van der Waals surface area contributed by atoms with E-state index < -0.39 is 0 Å². The number of benzene rings is 1. The maximum absolute atomic E-state index is 6.18. The molecule has 3 N–H and O–H groups in total. The largest absolute Gasteiger partial charge is 0.452 e. The lowest BCUT2D eigenvalue weighted by Gasteiger charge is -2.22. The number of aryl methyl sites for hydroxylation is 1. The fourth-order valence-corrected chi connectivity index (χ4v) is 4.10. The molecule has 28 heavy (non-hydrogen) atoms. The zero-order valence-corrected chi connectivity index (χ0v) is 15.9. The molecule has 1 aliphatic heterocycles. The van der Waals surface area contributed by atoms with Crippen molar-refractivity contribution in [2.75, 3.05) is 18.8 Å². The SMILES string of the molecule is Cc1nc(N)c2oc(-c3ccccc3)cc2c1-c1cnn(C2CCNCC2)c1. The van der Waals surface area contributed by atoms with Crippen LogP contribution >= 0.6 is 0 Å². The van der Waals surface area contributed by atoms with Gasteiger partial charge in [0.1, 0.15) is 5.76 Å². The third-order valence-electron chi connectivity index (χ3n) is 5.52. The standard InChI is InChI=1S/C22H23N5O/c1-14-20(16-12-25-27(13-16)17-7-9-24-10-8-17)18-11-19(15-5-3-2-4-6-15)28-21(18)22(23)26-14/h2-6,11-13,17,24H,7-10H2,1H3,(H2,23,26). The van der Waals surface area contributed by atoms with Gasteiger partial charge in [-0.05, 0) is 38.9 Å². The predicted molar refractivity (Wildman–Crippen MR) is 111 cm³/mol. The highest BCUT2D eigenvalue weighted by Crippen LogP contribution is 2.38. The first-order valence-electron chi connectivity index (χ1n) is 9.71. The predicted octanol–water partition coefficient (Wildman–Crippen LogP) is 4.17. The normalized spacial score (nSPS) is 15.3. The Balaban J connectivity index is 1.63. The van der Waals surface area contributed by atoms with E-state index in [0.717, 1.165) is 59.5 Å². The number of anilines is 1. The average Bonchev–Trinajstić information content (AvgIpc) is 3.38. The van der Waals surface area contributed by atoms with Crippen molar-refractivity contribution in [3.63, 3.8) is 0 Å². The van der Waals surface area contributed by atoms with Crippen LogP contribution in [0, 0.1) is 6.92 Å². The van der Waals surface area contributed by atoms with Gasteiger partial charge in [-0.2, -0.15) is 5.10 Å². The monoisotopic (exact) mass is 373 g/mol. The minimum Gasteiger partial charge on any atom is -0.452 e. The number of fused-ring (bicyclic) bond motifs is 1. The van der Waals surface area contributed by atoms with Crippen molar-refractivity contribution >= 4 is 16.8 Å². The molecular formula is C22H23N5O. The summed E-state index contributed by atoms with van der Waals surface area (Å²) in [6.45, 7) is 4.06. The third-order valence-corrected chi connectivity index (χ3v) is 5.52. The summed E-state index contributed by atoms with van der Waals surface area (Å²) >= 11 is 0. The molecule has 6 nitrogen and oxygen atoms in total. The molecule has 0 saturated carbocycles. The lowest BCUT2D eigenvalue weighted by molar-refractivity contribution is 0.343. The van der Waals surface area contributed by atoms with E-state index in [9.17, 15) is 0 Å². The molecule has 0 bridgehead atoms. The summed E-state index contributed by atoms with van der Waals surface area (Å²) in [5.74, 6) is 1.21. The minimum atomic E-state index is 0.421. The molecule has 0 atom stereocenters. The van der Waals surface area contributed by atoms with Gasteiger partial charge in [0.05, 0.1) is 12.2 Å². The number of nitrogens with two attached hydrogens (primary N) is 1. The Morgan fingerprint density at radius 2 is 1.93 bits per heavy atom. The van der Waals surface area contributed by atoms with E-state index in [0.29, 0.717) is 17.4 Å². The molecule has 0 spiro atoms. The van der Waals surface area contributed by atoms with Crippen LogP contribution in [-0.2, 0) is 0 Å². The van der Waals surface area contributed by atoms with Crippen molar-refractivity contribution < 1.29 is 4.42 Å². The first kappa shape index (κ1) is 17.0. The van der Waals surface area contributed by atoms with Gasteiger partial charge in [-0.25, -0.2) is 4.98 Å². The Labute approximate surface area is 163 Å². The van der Waals surface area contributed by atoms with Crippen molar-refractivity contribution in [1.29, 1.82) is 0 Å². The molecule has 1 saturated heterocycles. The zero-order chi connectivity index (χ0) is 19.1. The molecule has 0 amide bonds. The smallest absolute Gasteiger partial charge is 0.177 e. The maximum Gasteiger partial charge on any atom is 0.177 e. The number of piperidine rings is 1. The van der Waals surface area contributed by atoms with Gasteiger partial charge in [-0.15, -0.1) is 0 Å². The first-order chi connectivity index (χ1) is 13.7. The Hall–Kier alpha value is -3.12. The summed E-state index contributed by atoms with van der Waals surface area (Å²) in [7, 11) is 0. The number of pyridine rings is 1. The van der Waals surface area contributed by atoms with Crippen molar-refractivity contribution in [2.45, 2.75) is 25.8 Å². The molecule has 5 rings (SSSR count). The average molecular weight is 373 g/mol. The third kappa shape index (κ3) is 2.86. The van der Waals surface area contributed by atoms with Gasteiger partial charge in [0, 0.05) is 34.0 Å². The number of nitrogen functional groups attached to an aromatic ring is 1. The lowest BCUT2D eigenvalue weighted by Crippen LogP contribution is -2.29. The molecule has 0 radical (unpaired) electrons. The summed E-state index contributed by atoms with van der Waals surface area (Å²) in [6.07, 6.45) is 6.25. The van der Waals surface area contributed by atoms with E-state index in [-0.39, 0.29) is 0 Å². The van der Waals surface area contributed by atoms with Gasteiger partial charge in [0.15, 0.2) is 11.4 Å². The Bertz CT molecular complexity index is 1120. The lowest BCUT2D eigenvalue weighted by atomic mass is 10.0. The Morgan fingerprint density at radius 3 is 2.71 bits per heavy atom. The Morgan fingerprint density at radius 1 is 1.14 bits per heavy atom. The second-order valence-corrected chi connectivity index (χ2v) is 7.37. The molecule has 4 aromatic rings. The number of nitrogens with one attached hydrogen (secondary N) is 1. The van der Waals surface area contributed by atoms with E-state index >= 15 is 0 Å². The summed E-state index contributed by atoms with van der Waals surface area (Å²) in [6, 6.07) is 12.6. The quantitative estimate of drug-likeness (QED) is 0.563. The van der Waals surface area contributed by atoms with Crippen LogP contribution in [0.25, 0.3) is 33.4 Å². The van der Waals surface area contributed by atoms with E-state index in [1.165, 1.54) is 0 Å². The van der Waals surface area contributed by atoms with Crippen LogP contribution in [0.1, 0.15) is 24.6 Å². The molecule has 4 heterocycles. The highest BCUT2D eigenvalue weighted by Gasteiger charge is 2.20. The molecule has 1 fully saturated rings. The molecule has 142 valence electrons. The number of hydrogen-bond acceptors (Lipinski definition) is 5. The molecular weight excluding hydrogens is 350 g/mol. The molecule has 0 unspecified atom stereocenters. The van der Waals surface area contributed by atoms with E-state index in [1.54, 1.807) is 0 Å². The van der Waals surface area contributed by atoms with Crippen molar-refractivity contribution in [3.05, 3.63) is 54.5 Å². The molecule has 1 aliphatic rings. The molecule has 6 heteroatoms. The fourth-order valence-electron chi connectivity index (χ4n) is 4.10. The highest BCUT2D eigenvalue weighted by molar-refractivity contribution is 6.01. The Kier molecular flexibility index (Phi) is 4.13. The molecule has 1 aromatic carbocycles. The van der Waals surface area contributed by atoms with Gasteiger partial charge in [0.25, 0.3) is 0 Å². The zero-order valence-electron chi connectivity index (χ0n) is 15.9. The van der Waals surface area contributed by atoms with Gasteiger partial charge < -0.3 is 15.5 Å². The molecule has 0 aliphatic carbocycles. The number of hydrogen-bond donors (Lipinski definition) is 2. The van der Waals surface area contributed by atoms with Gasteiger partial charge in [-0.3, -0.25) is 4.68 Å².